The van der Waals surface area contributed by atoms with Crippen LogP contribution in [0.25, 0.3) is 0 Å². The first-order valence-corrected chi connectivity index (χ1v) is 2.99. The van der Waals surface area contributed by atoms with E-state index in [0.29, 0.717) is 6.61 Å². The van der Waals surface area contributed by atoms with E-state index in [4.69, 9.17) is 15.7 Å². The predicted octanol–water partition coefficient (Wildman–Crippen LogP) is -1.62. The number of carbonyl (C=O) groups is 1. The Kier molecular flexibility index (Phi) is 6.05. The quantitative estimate of drug-likeness (QED) is 0.189. The van der Waals surface area contributed by atoms with Gasteiger partial charge in [0.2, 0.25) is 5.91 Å². The molecule has 0 unspecified atom stereocenters. The van der Waals surface area contributed by atoms with Crippen LogP contribution in [0.15, 0.2) is 0 Å². The molecule has 10 heavy (non-hydrogen) atoms. The van der Waals surface area contributed by atoms with Crippen LogP contribution in [0.5, 0.6) is 0 Å². The van der Waals surface area contributed by atoms with Crippen LogP contribution in [0.2, 0.25) is 0 Å². The van der Waals surface area contributed by atoms with Crippen LogP contribution in [0, 0.1) is 0 Å². The Hall–Kier alpha value is -0.650. The van der Waals surface area contributed by atoms with Crippen LogP contribution in [-0.4, -0.2) is 30.8 Å². The summed E-state index contributed by atoms with van der Waals surface area (Å²) in [5.41, 5.74) is 1.96. The van der Waals surface area contributed by atoms with Crippen LogP contribution in [0.4, 0.5) is 0 Å². The van der Waals surface area contributed by atoms with E-state index in [-0.39, 0.29) is 25.5 Å². The molecule has 0 saturated heterocycles. The second kappa shape index (κ2) is 6.47. The largest absolute Gasteiger partial charge is 0.394 e. The molecule has 0 atom stereocenters. The fraction of sp³-hybridized carbons (Fsp3) is 0.800. The maximum absolute atomic E-state index is 10.4. The van der Waals surface area contributed by atoms with Gasteiger partial charge >= 0.3 is 0 Å². The van der Waals surface area contributed by atoms with E-state index < -0.39 is 0 Å². The molecule has 0 aromatic heterocycles. The Bertz CT molecular complexity index is 96.9. The Labute approximate surface area is 59.1 Å². The highest BCUT2D eigenvalue weighted by atomic mass is 16.5. The normalized spacial score (nSPS) is 9.40. The van der Waals surface area contributed by atoms with E-state index in [1.54, 1.807) is 0 Å². The van der Waals surface area contributed by atoms with Crippen LogP contribution >= 0.6 is 0 Å². The summed E-state index contributed by atoms with van der Waals surface area (Å²) in [7, 11) is 0. The molecule has 0 rings (SSSR count). The molecule has 5 heteroatoms. The van der Waals surface area contributed by atoms with Gasteiger partial charge < -0.3 is 9.84 Å². The fourth-order valence-corrected chi connectivity index (χ4v) is 0.404. The molecule has 4 N–H and O–H groups in total. The van der Waals surface area contributed by atoms with Gasteiger partial charge in [-0.3, -0.25) is 10.2 Å². The third-order valence-electron chi connectivity index (χ3n) is 0.870. The summed E-state index contributed by atoms with van der Waals surface area (Å²) in [6.07, 6.45) is 0.233. The van der Waals surface area contributed by atoms with Crippen molar-refractivity contribution in [1.29, 1.82) is 0 Å². The van der Waals surface area contributed by atoms with Crippen LogP contribution < -0.4 is 11.3 Å². The Morgan fingerprint density at radius 3 is 2.80 bits per heavy atom. The molecule has 1 amide bonds. The number of hydrogen-bond acceptors (Lipinski definition) is 4. The van der Waals surface area contributed by atoms with Gasteiger partial charge in [0.1, 0.15) is 0 Å². The summed E-state index contributed by atoms with van der Waals surface area (Å²) in [6, 6.07) is 0. The van der Waals surface area contributed by atoms with Crippen LogP contribution in [0.3, 0.4) is 0 Å². The molecule has 0 aromatic carbocycles. The number of rotatable bonds is 5. The minimum atomic E-state index is -0.266. The summed E-state index contributed by atoms with van der Waals surface area (Å²) >= 11 is 0. The van der Waals surface area contributed by atoms with Gasteiger partial charge in [0.15, 0.2) is 0 Å². The zero-order chi connectivity index (χ0) is 7.82. The minimum Gasteiger partial charge on any atom is -0.394 e. The molecule has 0 saturated carbocycles. The fourth-order valence-electron chi connectivity index (χ4n) is 0.404. The maximum atomic E-state index is 10.4. The zero-order valence-electron chi connectivity index (χ0n) is 5.67. The van der Waals surface area contributed by atoms with Crippen molar-refractivity contribution in [3.05, 3.63) is 0 Å². The van der Waals surface area contributed by atoms with E-state index >= 15 is 0 Å². The van der Waals surface area contributed by atoms with E-state index in [9.17, 15) is 4.79 Å². The van der Waals surface area contributed by atoms with E-state index in [1.165, 1.54) is 0 Å². The molecule has 0 heterocycles. The Balaban J connectivity index is 2.96. The SMILES string of the molecule is NNC(=O)CCOCCO. The number of nitrogens with one attached hydrogen (secondary N) is 1. The molecular formula is C5H12N2O3. The molecule has 0 aromatic rings. The lowest BCUT2D eigenvalue weighted by Crippen LogP contribution is -2.30. The third-order valence-corrected chi connectivity index (χ3v) is 0.870. The molecule has 0 aliphatic carbocycles. The summed E-state index contributed by atoms with van der Waals surface area (Å²) in [5.74, 6) is 4.52. The maximum Gasteiger partial charge on any atom is 0.236 e. The average Bonchev–Trinajstić information content (AvgIpc) is 1.98. The summed E-state index contributed by atoms with van der Waals surface area (Å²) in [4.78, 5) is 10.4. The molecule has 60 valence electrons. The number of aliphatic hydroxyl groups is 1. The molecule has 0 bridgehead atoms. The number of ether oxygens (including phenoxy) is 1. The van der Waals surface area contributed by atoms with Gasteiger partial charge in [-0.05, 0) is 0 Å². The smallest absolute Gasteiger partial charge is 0.236 e. The number of hydrazine groups is 1. The Morgan fingerprint density at radius 1 is 1.60 bits per heavy atom. The van der Waals surface area contributed by atoms with E-state index in [2.05, 4.69) is 0 Å². The second-order valence-electron chi connectivity index (χ2n) is 1.65. The van der Waals surface area contributed by atoms with Gasteiger partial charge in [-0.25, -0.2) is 5.84 Å². The third kappa shape index (κ3) is 5.49. The van der Waals surface area contributed by atoms with Gasteiger partial charge in [0, 0.05) is 0 Å². The van der Waals surface area contributed by atoms with E-state index in [0.717, 1.165) is 0 Å². The van der Waals surface area contributed by atoms with Crippen molar-refractivity contribution in [1.82, 2.24) is 5.43 Å². The zero-order valence-corrected chi connectivity index (χ0v) is 5.67. The van der Waals surface area contributed by atoms with Gasteiger partial charge in [0.25, 0.3) is 0 Å². The van der Waals surface area contributed by atoms with Gasteiger partial charge in [-0.1, -0.05) is 0 Å². The van der Waals surface area contributed by atoms with Gasteiger partial charge in [-0.15, -0.1) is 0 Å². The van der Waals surface area contributed by atoms with Crippen molar-refractivity contribution in [3.8, 4) is 0 Å². The standard InChI is InChI=1S/C5H12N2O3/c6-7-5(9)1-3-10-4-2-8/h8H,1-4,6H2,(H,7,9). The first-order valence-electron chi connectivity index (χ1n) is 2.99. The number of aliphatic hydroxyl groups excluding tert-OH is 1. The topological polar surface area (TPSA) is 84.6 Å². The first kappa shape index (κ1) is 9.35. The lowest BCUT2D eigenvalue weighted by Gasteiger charge is -1.99. The highest BCUT2D eigenvalue weighted by molar-refractivity contribution is 5.75. The van der Waals surface area contributed by atoms with Gasteiger partial charge in [0.05, 0.1) is 26.2 Å². The van der Waals surface area contributed by atoms with Crippen molar-refractivity contribution >= 4 is 5.91 Å². The Morgan fingerprint density at radius 2 is 2.30 bits per heavy atom. The molecule has 5 nitrogen and oxygen atoms in total. The second-order valence-corrected chi connectivity index (χ2v) is 1.65. The van der Waals surface area contributed by atoms with Crippen molar-refractivity contribution in [2.75, 3.05) is 19.8 Å². The minimum absolute atomic E-state index is 0.0236. The highest BCUT2D eigenvalue weighted by Crippen LogP contribution is 1.80. The summed E-state index contributed by atoms with van der Waals surface area (Å²) < 4.78 is 4.79. The molecule has 0 fully saturated rings. The number of amides is 1. The molecule has 0 spiro atoms. The number of nitrogens with two attached hydrogens (primary N) is 1. The van der Waals surface area contributed by atoms with E-state index in [1.807, 2.05) is 5.43 Å². The van der Waals surface area contributed by atoms with Crippen molar-refractivity contribution < 1.29 is 14.6 Å². The van der Waals surface area contributed by atoms with Crippen LogP contribution in [-0.2, 0) is 9.53 Å². The molecule has 0 aliphatic heterocycles. The van der Waals surface area contributed by atoms with Gasteiger partial charge in [-0.2, -0.15) is 0 Å². The lowest BCUT2D eigenvalue weighted by molar-refractivity contribution is -0.122. The average molecular weight is 148 g/mol. The lowest BCUT2D eigenvalue weighted by atomic mass is 10.4. The first-order chi connectivity index (χ1) is 4.81. The molecular weight excluding hydrogens is 136 g/mol. The molecule has 0 aliphatic rings. The molecule has 0 radical (unpaired) electrons. The van der Waals surface area contributed by atoms with Crippen LogP contribution in [0.1, 0.15) is 6.42 Å². The summed E-state index contributed by atoms with van der Waals surface area (Å²) in [5, 5.41) is 8.24. The number of carbonyl (C=O) groups excluding carboxylic acids is 1. The van der Waals surface area contributed by atoms with Crippen molar-refractivity contribution in [2.45, 2.75) is 6.42 Å². The summed E-state index contributed by atoms with van der Waals surface area (Å²) in [6.45, 7) is 0.533. The van der Waals surface area contributed by atoms with Crippen molar-refractivity contribution in [2.24, 2.45) is 5.84 Å². The predicted molar refractivity (Wildman–Crippen MR) is 34.9 cm³/mol. The highest BCUT2D eigenvalue weighted by Gasteiger charge is 1.95. The van der Waals surface area contributed by atoms with Crippen molar-refractivity contribution in [3.63, 3.8) is 0 Å². The monoisotopic (exact) mass is 148 g/mol. The number of hydrogen-bond donors (Lipinski definition) is 3.